The topological polar surface area (TPSA) is 181 Å². The van der Waals surface area contributed by atoms with Gasteiger partial charge in [0.05, 0.1) is 50.7 Å². The highest BCUT2D eigenvalue weighted by molar-refractivity contribution is 6.47. The molecule has 0 spiro atoms. The quantitative estimate of drug-likeness (QED) is 0.354. The third kappa shape index (κ3) is 5.25. The highest BCUT2D eigenvalue weighted by Crippen LogP contribution is 2.54. The average molecular weight is 543 g/mol. The van der Waals surface area contributed by atoms with Crippen LogP contribution in [0.4, 0.5) is 5.69 Å². The van der Waals surface area contributed by atoms with E-state index in [9.17, 15) is 24.9 Å². The molecule has 1 fully saturated rings. The number of nitrogens with zero attached hydrogens (tertiary/aromatic N) is 3. The number of aromatic nitrogens is 3. The van der Waals surface area contributed by atoms with Gasteiger partial charge in [0.1, 0.15) is 11.8 Å². The fraction of sp³-hybridized carbons (Fsp3) is 0.519. The zero-order chi connectivity index (χ0) is 29.8. The van der Waals surface area contributed by atoms with Crippen LogP contribution < -0.4 is 5.32 Å². The minimum absolute atomic E-state index is 0.0243. The smallest absolute Gasteiger partial charge is 0.335 e. The molecule has 3 unspecified atom stereocenters. The third-order valence-electron chi connectivity index (χ3n) is 7.60. The summed E-state index contributed by atoms with van der Waals surface area (Å²) in [6.45, 7) is 8.54. The van der Waals surface area contributed by atoms with Gasteiger partial charge >= 0.3 is 5.97 Å². The lowest BCUT2D eigenvalue weighted by atomic mass is 9.41. The molecule has 206 valence electrons. The Balaban J connectivity index is 1.86. The van der Waals surface area contributed by atoms with E-state index in [0.717, 1.165) is 0 Å². The Hall–Kier alpha value is -3.62. The predicted molar refractivity (Wildman–Crippen MR) is 147 cm³/mol. The second-order valence-corrected chi connectivity index (χ2v) is 12.2. The number of aliphatic carboxylic acids is 1. The highest BCUT2D eigenvalue weighted by atomic mass is 16.5. The number of carboxylic acids is 1. The van der Waals surface area contributed by atoms with Gasteiger partial charge in [-0.25, -0.2) is 9.78 Å². The Morgan fingerprint density at radius 1 is 1.20 bits per heavy atom. The van der Waals surface area contributed by atoms with Crippen molar-refractivity contribution in [3.8, 4) is 6.07 Å². The van der Waals surface area contributed by atoms with Gasteiger partial charge in [0.2, 0.25) is 0 Å². The predicted octanol–water partition coefficient (Wildman–Crippen LogP) is 2.96. The molecule has 1 saturated heterocycles. The Morgan fingerprint density at radius 3 is 2.48 bits per heavy atom. The van der Waals surface area contributed by atoms with Gasteiger partial charge in [0, 0.05) is 23.6 Å². The maximum absolute atomic E-state index is 13.0. The van der Waals surface area contributed by atoms with Gasteiger partial charge in [-0.1, -0.05) is 13.8 Å². The summed E-state index contributed by atoms with van der Waals surface area (Å²) in [6, 6.07) is 5.05. The summed E-state index contributed by atoms with van der Waals surface area (Å²) in [5, 5.41) is 41.9. The first-order valence-electron chi connectivity index (χ1n) is 12.8. The first kappa shape index (κ1) is 29.4. The molecule has 3 atom stereocenters. The van der Waals surface area contributed by atoms with Crippen molar-refractivity contribution in [1.29, 1.82) is 5.26 Å². The van der Waals surface area contributed by atoms with Crippen LogP contribution in [0.2, 0.25) is 5.21 Å². The maximum Gasteiger partial charge on any atom is 0.335 e. The number of carbonyl (C=O) groups is 2. The number of hydrogen-bond donors (Lipinski definition) is 5. The van der Waals surface area contributed by atoms with E-state index in [1.165, 1.54) is 13.1 Å². The minimum Gasteiger partial charge on any atom is -0.512 e. The Morgan fingerprint density at radius 2 is 1.88 bits per heavy atom. The molecule has 4 rings (SSSR count). The molecular weight excluding hydrogens is 512 g/mol. The molecule has 2 aromatic heterocycles. The number of imidazole rings is 1. The molecule has 13 heteroatoms. The van der Waals surface area contributed by atoms with Crippen molar-refractivity contribution >= 4 is 38.8 Å². The lowest BCUT2D eigenvalue weighted by molar-refractivity contribution is -0.200. The number of hydrogen-bond acceptors (Lipinski definition) is 8. The van der Waals surface area contributed by atoms with Crippen LogP contribution >= 0.6 is 0 Å². The minimum atomic E-state index is -1.96. The van der Waals surface area contributed by atoms with Crippen molar-refractivity contribution in [3.63, 3.8) is 0 Å². The lowest BCUT2D eigenvalue weighted by Crippen LogP contribution is -2.51. The zero-order valence-electron chi connectivity index (χ0n) is 23.1. The van der Waals surface area contributed by atoms with E-state index in [2.05, 4.69) is 15.3 Å². The summed E-state index contributed by atoms with van der Waals surface area (Å²) in [6.07, 6.45) is 0.505. The van der Waals surface area contributed by atoms with E-state index in [0.29, 0.717) is 12.1 Å². The van der Waals surface area contributed by atoms with Crippen LogP contribution in [0.25, 0.3) is 5.57 Å². The largest absolute Gasteiger partial charge is 0.512 e. The monoisotopic (exact) mass is 543 g/mol. The zero-order valence-corrected chi connectivity index (χ0v) is 23.1. The van der Waals surface area contributed by atoms with E-state index in [-0.39, 0.29) is 53.0 Å². The van der Waals surface area contributed by atoms with E-state index >= 15 is 0 Å². The van der Waals surface area contributed by atoms with Crippen LogP contribution in [0.3, 0.4) is 0 Å². The third-order valence-corrected chi connectivity index (χ3v) is 7.60. The molecular formula is C27H31B2N5O6. The molecule has 0 bridgehead atoms. The average Bonchev–Trinajstić information content (AvgIpc) is 3.31. The van der Waals surface area contributed by atoms with Gasteiger partial charge < -0.3 is 30.4 Å². The van der Waals surface area contributed by atoms with Gasteiger partial charge in [-0.05, 0) is 56.4 Å². The molecule has 1 aliphatic heterocycles. The molecule has 1 aliphatic carbocycles. The molecule has 5 N–H and O–H groups in total. The number of carboxylic acid groups (broad SMARTS) is 1. The molecule has 11 nitrogen and oxygen atoms in total. The Bertz CT molecular complexity index is 1440. The highest BCUT2D eigenvalue weighted by Gasteiger charge is 2.50. The summed E-state index contributed by atoms with van der Waals surface area (Å²) in [5.74, 6) is -2.52. The van der Waals surface area contributed by atoms with Crippen LogP contribution in [0.5, 0.6) is 0 Å². The molecule has 40 heavy (non-hydrogen) atoms. The van der Waals surface area contributed by atoms with Gasteiger partial charge in [-0.15, -0.1) is 0 Å². The number of pyridine rings is 1. The number of aliphatic hydroxyl groups is 2. The summed E-state index contributed by atoms with van der Waals surface area (Å²) in [7, 11) is 12.9. The number of nitriles is 1. The molecule has 3 heterocycles. The Labute approximate surface area is 234 Å². The summed E-state index contributed by atoms with van der Waals surface area (Å²) >= 11 is 0. The van der Waals surface area contributed by atoms with Crippen molar-refractivity contribution in [2.45, 2.75) is 82.3 Å². The number of rotatable bonds is 5. The number of H-pyrrole nitrogens is 1. The second kappa shape index (κ2) is 9.78. The number of anilines is 1. The van der Waals surface area contributed by atoms with Crippen molar-refractivity contribution in [1.82, 2.24) is 15.0 Å². The number of nitrogens with one attached hydrogen (secondary N) is 2. The van der Waals surface area contributed by atoms with Crippen molar-refractivity contribution < 1.29 is 29.6 Å². The van der Waals surface area contributed by atoms with Crippen molar-refractivity contribution in [2.75, 3.05) is 5.32 Å². The van der Waals surface area contributed by atoms with Gasteiger partial charge in [-0.2, -0.15) is 5.26 Å². The van der Waals surface area contributed by atoms with Gasteiger partial charge in [0.15, 0.2) is 11.4 Å². The van der Waals surface area contributed by atoms with Crippen LogP contribution in [-0.2, 0) is 9.53 Å². The number of aromatic amines is 1. The summed E-state index contributed by atoms with van der Waals surface area (Å²) < 4.78 is 5.90. The molecule has 0 saturated carbocycles. The van der Waals surface area contributed by atoms with Gasteiger partial charge in [-0.3, -0.25) is 9.78 Å². The molecule has 2 aliphatic rings. The maximum atomic E-state index is 13.0. The molecule has 0 aromatic carbocycles. The summed E-state index contributed by atoms with van der Waals surface area (Å²) in [4.78, 5) is 36.4. The molecule has 1 amide bonds. The second-order valence-electron chi connectivity index (χ2n) is 12.2. The number of carbonyl (C=O) groups excluding carboxylic acids is 1. The fourth-order valence-corrected chi connectivity index (χ4v) is 5.83. The fourth-order valence-electron chi connectivity index (χ4n) is 5.83. The van der Waals surface area contributed by atoms with Crippen molar-refractivity contribution in [3.05, 3.63) is 47.0 Å². The lowest BCUT2D eigenvalue weighted by Gasteiger charge is -2.48. The van der Waals surface area contributed by atoms with E-state index < -0.39 is 39.8 Å². The SMILES string of the molecule is [B]C1([B])C(c2nc(C3CC(C)(C)OC(C)(C(=O)O)C3)ccc2NC(=O)c2ncc(C#N)[nH]2)=C(O)CC(C)(C)C1O. The van der Waals surface area contributed by atoms with Crippen molar-refractivity contribution in [2.24, 2.45) is 5.41 Å². The number of aliphatic hydroxyl groups excluding tert-OH is 2. The van der Waals surface area contributed by atoms with E-state index in [4.69, 9.17) is 30.7 Å². The first-order chi connectivity index (χ1) is 18.4. The number of ether oxygens (including phenoxy) is 1. The van der Waals surface area contributed by atoms with Crippen LogP contribution in [0.15, 0.2) is 24.1 Å². The van der Waals surface area contributed by atoms with Crippen LogP contribution in [0, 0.1) is 16.7 Å². The first-order valence-corrected chi connectivity index (χ1v) is 12.8. The van der Waals surface area contributed by atoms with E-state index in [1.807, 2.05) is 6.07 Å². The standard InChI is InChI=1S/C27H31B2N5O6/c1-24(2)10-17(35)18(27(28,29)22(24)37)19-16(34-21(36)20-31-12-14(11-30)32-20)7-6-15(33-19)13-8-25(3,4)40-26(5,9-13)23(38)39/h6-7,12-13,22,35,37H,8-10H2,1-5H3,(H,31,32)(H,34,36)(H,38,39). The van der Waals surface area contributed by atoms with Crippen LogP contribution in [0.1, 0.15) is 87.5 Å². The van der Waals surface area contributed by atoms with Gasteiger partial charge in [0.25, 0.3) is 5.91 Å². The number of amides is 1. The molecule has 2 aromatic rings. The molecule has 4 radical (unpaired) electrons. The summed E-state index contributed by atoms with van der Waals surface area (Å²) in [5.41, 5.74) is -2.49. The Kier molecular flexibility index (Phi) is 7.18. The van der Waals surface area contributed by atoms with Crippen LogP contribution in [-0.4, -0.2) is 75.1 Å². The van der Waals surface area contributed by atoms with E-state index in [1.54, 1.807) is 39.8 Å². The number of allylic oxidation sites excluding steroid dienone is 1. The normalized spacial score (nSPS) is 27.0.